The molecule has 0 saturated heterocycles. The minimum atomic E-state index is 0.0352. The molecule has 0 aliphatic carbocycles. The van der Waals surface area contributed by atoms with Crippen molar-refractivity contribution in [3.8, 4) is 0 Å². The van der Waals surface area contributed by atoms with E-state index in [-0.39, 0.29) is 11.5 Å². The molecule has 0 radical (unpaired) electrons. The largest absolute Gasteiger partial charge is 0.370 e. The number of hydrogen-bond donors (Lipinski definition) is 3. The maximum atomic E-state index is 12.1. The third kappa shape index (κ3) is 4.51. The molecule has 0 amide bonds. The number of aryl methyl sites for hydroxylation is 1. The summed E-state index contributed by atoms with van der Waals surface area (Å²) in [6.07, 6.45) is 1.05. The van der Waals surface area contributed by atoms with E-state index >= 15 is 0 Å². The number of H-pyrrole nitrogens is 1. The van der Waals surface area contributed by atoms with Crippen molar-refractivity contribution in [2.75, 3.05) is 11.9 Å². The van der Waals surface area contributed by atoms with Crippen molar-refractivity contribution < 1.29 is 0 Å². The highest BCUT2D eigenvalue weighted by Gasteiger charge is 2.08. The van der Waals surface area contributed by atoms with E-state index in [1.54, 1.807) is 6.07 Å². The van der Waals surface area contributed by atoms with E-state index in [9.17, 15) is 4.79 Å². The molecule has 3 rings (SSSR count). The fraction of sp³-hybridized carbons (Fsp3) is 0.316. The van der Waals surface area contributed by atoms with Crippen LogP contribution in [0.1, 0.15) is 23.6 Å². The molecule has 0 bridgehead atoms. The number of pyridine rings is 1. The van der Waals surface area contributed by atoms with Crippen molar-refractivity contribution in [2.24, 2.45) is 0 Å². The summed E-state index contributed by atoms with van der Waals surface area (Å²) >= 11 is 5.45. The second-order valence-electron chi connectivity index (χ2n) is 6.09. The third-order valence-corrected chi connectivity index (χ3v) is 6.34. The predicted molar refractivity (Wildman–Crippen MR) is 111 cm³/mol. The van der Waals surface area contributed by atoms with Gasteiger partial charge in [-0.05, 0) is 47.5 Å². The first kappa shape index (κ1) is 18.2. The second-order valence-corrected chi connectivity index (χ2v) is 8.17. The lowest BCUT2D eigenvalue weighted by atomic mass is 10.2. The fourth-order valence-corrected chi connectivity index (χ4v) is 4.59. The zero-order valence-corrected chi connectivity index (χ0v) is 16.8. The molecule has 3 aromatic rings. The molecular weight excluding hydrogens is 398 g/mol. The number of para-hydroxylation sites is 1. The van der Waals surface area contributed by atoms with Gasteiger partial charge in [0.15, 0.2) is 5.43 Å². The number of hydrogen-bond acceptors (Lipinski definition) is 4. The van der Waals surface area contributed by atoms with E-state index in [0.717, 1.165) is 30.8 Å². The summed E-state index contributed by atoms with van der Waals surface area (Å²) in [6, 6.07) is 11.7. The molecule has 0 spiro atoms. The van der Waals surface area contributed by atoms with Gasteiger partial charge in [-0.25, -0.2) is 0 Å². The number of nitrogens with one attached hydrogen (secondary N) is 3. The predicted octanol–water partition coefficient (Wildman–Crippen LogP) is 4.50. The van der Waals surface area contributed by atoms with Crippen molar-refractivity contribution in [3.63, 3.8) is 0 Å². The quantitative estimate of drug-likeness (QED) is 0.528. The van der Waals surface area contributed by atoms with Crippen molar-refractivity contribution in [1.82, 2.24) is 10.3 Å². The highest BCUT2D eigenvalue weighted by Crippen LogP contribution is 2.27. The summed E-state index contributed by atoms with van der Waals surface area (Å²) in [7, 11) is 0. The molecule has 4 nitrogen and oxygen atoms in total. The smallest absolute Gasteiger partial charge is 0.191 e. The minimum Gasteiger partial charge on any atom is -0.370 e. The standard InChI is InChI=1S/C19H22BrN3OS/c1-3-18-15(20)8-13(25-18)11-21-12(2)10-22-19-9-17(24)14-6-4-5-7-16(14)23-19/h4-9,12,21H,3,10-11H2,1-2H3,(H2,22,23,24). The second kappa shape index (κ2) is 8.17. The molecule has 2 heterocycles. The average Bonchev–Trinajstić information content (AvgIpc) is 2.98. The van der Waals surface area contributed by atoms with Crippen LogP contribution in [0.4, 0.5) is 5.82 Å². The molecule has 2 aromatic heterocycles. The molecule has 1 atom stereocenters. The molecular formula is C19H22BrN3OS. The monoisotopic (exact) mass is 419 g/mol. The van der Waals surface area contributed by atoms with Crippen LogP contribution in [0.15, 0.2) is 45.7 Å². The molecule has 132 valence electrons. The number of benzene rings is 1. The first-order chi connectivity index (χ1) is 12.1. The van der Waals surface area contributed by atoms with E-state index in [0.29, 0.717) is 5.39 Å². The maximum Gasteiger partial charge on any atom is 0.191 e. The first-order valence-corrected chi connectivity index (χ1v) is 10.0. The van der Waals surface area contributed by atoms with E-state index < -0.39 is 0 Å². The van der Waals surface area contributed by atoms with Crippen molar-refractivity contribution in [3.05, 3.63) is 60.8 Å². The molecule has 6 heteroatoms. The van der Waals surface area contributed by atoms with Gasteiger partial charge in [0.05, 0.1) is 5.52 Å². The van der Waals surface area contributed by atoms with Crippen molar-refractivity contribution >= 4 is 44.0 Å². The van der Waals surface area contributed by atoms with E-state index in [2.05, 4.69) is 51.5 Å². The molecule has 0 saturated carbocycles. The van der Waals surface area contributed by atoms with Crippen LogP contribution in [0.2, 0.25) is 0 Å². The van der Waals surface area contributed by atoms with Crippen LogP contribution in [0.3, 0.4) is 0 Å². The van der Waals surface area contributed by atoms with Gasteiger partial charge in [-0.2, -0.15) is 0 Å². The first-order valence-electron chi connectivity index (χ1n) is 8.43. The molecule has 1 unspecified atom stereocenters. The Balaban J connectivity index is 1.56. The zero-order chi connectivity index (χ0) is 17.8. The van der Waals surface area contributed by atoms with Crippen LogP contribution >= 0.6 is 27.3 Å². The van der Waals surface area contributed by atoms with E-state index in [1.165, 1.54) is 14.2 Å². The number of anilines is 1. The number of thiophene rings is 1. The van der Waals surface area contributed by atoms with Crippen LogP contribution in [0.5, 0.6) is 0 Å². The molecule has 0 fully saturated rings. The highest BCUT2D eigenvalue weighted by molar-refractivity contribution is 9.10. The summed E-state index contributed by atoms with van der Waals surface area (Å²) < 4.78 is 1.20. The van der Waals surface area contributed by atoms with Gasteiger partial charge in [0.2, 0.25) is 0 Å². The number of aromatic amines is 1. The van der Waals surface area contributed by atoms with Gasteiger partial charge in [-0.3, -0.25) is 4.79 Å². The van der Waals surface area contributed by atoms with Crippen LogP contribution in [0, 0.1) is 0 Å². The summed E-state index contributed by atoms with van der Waals surface area (Å²) in [6.45, 7) is 5.89. The topological polar surface area (TPSA) is 56.9 Å². The molecule has 0 aliphatic rings. The lowest BCUT2D eigenvalue weighted by molar-refractivity contribution is 0.571. The van der Waals surface area contributed by atoms with Gasteiger partial charge in [0.1, 0.15) is 5.82 Å². The molecule has 0 aliphatic heterocycles. The Bertz CT molecular complexity index is 918. The van der Waals surface area contributed by atoms with E-state index in [1.807, 2.05) is 35.6 Å². The SMILES string of the molecule is CCc1sc(CNC(C)CNc2cc(=O)c3ccccc3[nH]2)cc1Br. The lowest BCUT2D eigenvalue weighted by Crippen LogP contribution is -2.32. The molecule has 1 aromatic carbocycles. The normalized spacial score (nSPS) is 12.4. The van der Waals surface area contributed by atoms with Gasteiger partial charge in [-0.1, -0.05) is 19.1 Å². The van der Waals surface area contributed by atoms with Crippen molar-refractivity contribution in [2.45, 2.75) is 32.9 Å². The minimum absolute atomic E-state index is 0.0352. The van der Waals surface area contributed by atoms with Crippen LogP contribution in [0.25, 0.3) is 10.9 Å². The Labute approximate surface area is 159 Å². The highest BCUT2D eigenvalue weighted by atomic mass is 79.9. The third-order valence-electron chi connectivity index (χ3n) is 4.09. The summed E-state index contributed by atoms with van der Waals surface area (Å²) in [5.41, 5.74) is 0.890. The van der Waals surface area contributed by atoms with Crippen LogP contribution in [-0.4, -0.2) is 17.6 Å². The van der Waals surface area contributed by atoms with Gasteiger partial charge < -0.3 is 15.6 Å². The average molecular weight is 420 g/mol. The molecule has 3 N–H and O–H groups in total. The van der Waals surface area contributed by atoms with Gasteiger partial charge in [-0.15, -0.1) is 11.3 Å². The Morgan fingerprint density at radius 3 is 2.84 bits per heavy atom. The Morgan fingerprint density at radius 1 is 1.28 bits per heavy atom. The van der Waals surface area contributed by atoms with Gasteiger partial charge in [0, 0.05) is 44.8 Å². The molecule has 25 heavy (non-hydrogen) atoms. The number of halogens is 1. The Hall–Kier alpha value is -1.63. The van der Waals surface area contributed by atoms with Crippen LogP contribution < -0.4 is 16.1 Å². The van der Waals surface area contributed by atoms with E-state index in [4.69, 9.17) is 0 Å². The zero-order valence-electron chi connectivity index (χ0n) is 14.4. The summed E-state index contributed by atoms with van der Waals surface area (Å²) in [4.78, 5) is 18.1. The maximum absolute atomic E-state index is 12.1. The number of aromatic nitrogens is 1. The van der Waals surface area contributed by atoms with Gasteiger partial charge in [0.25, 0.3) is 0 Å². The number of fused-ring (bicyclic) bond motifs is 1. The lowest BCUT2D eigenvalue weighted by Gasteiger charge is -2.15. The summed E-state index contributed by atoms with van der Waals surface area (Å²) in [5.74, 6) is 0.754. The summed E-state index contributed by atoms with van der Waals surface area (Å²) in [5, 5.41) is 7.56. The number of rotatable bonds is 7. The van der Waals surface area contributed by atoms with Crippen LogP contribution in [-0.2, 0) is 13.0 Å². The Kier molecular flexibility index (Phi) is 5.93. The fourth-order valence-electron chi connectivity index (χ4n) is 2.69. The van der Waals surface area contributed by atoms with Crippen molar-refractivity contribution in [1.29, 1.82) is 0 Å². The Morgan fingerprint density at radius 2 is 2.08 bits per heavy atom. The van der Waals surface area contributed by atoms with Gasteiger partial charge >= 0.3 is 0 Å².